The molecule has 2 aromatic heterocycles. The van der Waals surface area contributed by atoms with Crippen LogP contribution in [0.5, 0.6) is 5.75 Å². The first-order valence-corrected chi connectivity index (χ1v) is 8.12. The Kier molecular flexibility index (Phi) is 4.24. The first kappa shape index (κ1) is 17.0. The van der Waals surface area contributed by atoms with Crippen LogP contribution >= 0.6 is 0 Å². The fourth-order valence-electron chi connectivity index (χ4n) is 2.66. The van der Waals surface area contributed by atoms with Gasteiger partial charge in [0, 0.05) is 13.6 Å². The van der Waals surface area contributed by atoms with Crippen LogP contribution in [-0.4, -0.2) is 33.9 Å². The van der Waals surface area contributed by atoms with Crippen molar-refractivity contribution < 1.29 is 4.74 Å². The van der Waals surface area contributed by atoms with Crippen LogP contribution in [0.2, 0.25) is 0 Å². The van der Waals surface area contributed by atoms with Gasteiger partial charge in [-0.3, -0.25) is 9.78 Å². The molecule has 0 atom stereocenters. The molecule has 0 fully saturated rings. The second-order valence-corrected chi connectivity index (χ2v) is 7.06. The van der Waals surface area contributed by atoms with Gasteiger partial charge in [0.05, 0.1) is 18.8 Å². The van der Waals surface area contributed by atoms with E-state index in [9.17, 15) is 4.79 Å². The molecule has 0 saturated carbocycles. The Balaban J connectivity index is 1.95. The fraction of sp³-hybridized carbons (Fsp3) is 0.389. The number of methoxy groups -OCH3 is 1. The molecule has 3 aromatic rings. The van der Waals surface area contributed by atoms with E-state index >= 15 is 0 Å². The number of nitrogens with zero attached hydrogens (tertiary/aromatic N) is 4. The number of benzene rings is 1. The number of H-pyrrole nitrogens is 1. The van der Waals surface area contributed by atoms with Crippen LogP contribution in [0.3, 0.4) is 0 Å². The van der Waals surface area contributed by atoms with Crippen molar-refractivity contribution in [2.75, 3.05) is 19.1 Å². The third-order valence-electron chi connectivity index (χ3n) is 4.00. The van der Waals surface area contributed by atoms with Crippen LogP contribution in [0.25, 0.3) is 11.0 Å². The van der Waals surface area contributed by atoms with Crippen molar-refractivity contribution in [3.05, 3.63) is 46.4 Å². The third kappa shape index (κ3) is 3.35. The summed E-state index contributed by atoms with van der Waals surface area (Å²) in [7, 11) is 3.54. The highest BCUT2D eigenvalue weighted by Crippen LogP contribution is 2.20. The number of aromatic amines is 1. The van der Waals surface area contributed by atoms with Crippen LogP contribution in [0.15, 0.2) is 35.3 Å². The molecule has 1 N–H and O–H groups in total. The zero-order valence-electron chi connectivity index (χ0n) is 15.2. The zero-order chi connectivity index (χ0) is 18.2. The first-order chi connectivity index (χ1) is 11.8. The summed E-state index contributed by atoms with van der Waals surface area (Å²) in [5, 5.41) is 4.83. The highest BCUT2D eigenvalue weighted by molar-refractivity contribution is 5.74. The van der Waals surface area contributed by atoms with Gasteiger partial charge in [0.1, 0.15) is 11.1 Å². The predicted molar refractivity (Wildman–Crippen MR) is 98.2 cm³/mol. The monoisotopic (exact) mass is 341 g/mol. The van der Waals surface area contributed by atoms with Gasteiger partial charge in [0.25, 0.3) is 5.56 Å². The molecule has 0 amide bonds. The number of nitrogens with one attached hydrogen (secondary N) is 1. The smallest absolute Gasteiger partial charge is 0.263 e. The van der Waals surface area contributed by atoms with Gasteiger partial charge < -0.3 is 9.64 Å². The van der Waals surface area contributed by atoms with Crippen molar-refractivity contribution >= 4 is 17.0 Å². The number of hydrogen-bond donors (Lipinski definition) is 1. The summed E-state index contributed by atoms with van der Waals surface area (Å²) in [4.78, 5) is 21.8. The van der Waals surface area contributed by atoms with Crippen LogP contribution in [0, 0.1) is 0 Å². The van der Waals surface area contributed by atoms with Crippen LogP contribution in [-0.2, 0) is 12.1 Å². The molecule has 0 spiro atoms. The number of hydrogen-bond acceptors (Lipinski definition) is 5. The molecule has 0 aliphatic carbocycles. The molecular formula is C18H23N5O2. The minimum atomic E-state index is -0.256. The number of ether oxygens (including phenoxy) is 1. The van der Waals surface area contributed by atoms with E-state index in [1.807, 2.05) is 57.0 Å². The van der Waals surface area contributed by atoms with E-state index < -0.39 is 0 Å². The summed E-state index contributed by atoms with van der Waals surface area (Å²) in [6.45, 7) is 6.71. The first-order valence-electron chi connectivity index (χ1n) is 8.12. The summed E-state index contributed by atoms with van der Waals surface area (Å²) in [5.74, 6) is 1.33. The Morgan fingerprint density at radius 1 is 1.24 bits per heavy atom. The molecule has 0 radical (unpaired) electrons. The average molecular weight is 341 g/mol. The maximum Gasteiger partial charge on any atom is 0.263 e. The molecule has 0 unspecified atom stereocenters. The normalized spacial score (nSPS) is 11.7. The number of rotatable bonds is 4. The highest BCUT2D eigenvalue weighted by atomic mass is 16.5. The molecular weight excluding hydrogens is 318 g/mol. The van der Waals surface area contributed by atoms with Crippen molar-refractivity contribution in [1.29, 1.82) is 0 Å². The molecule has 0 bridgehead atoms. The molecule has 0 saturated heterocycles. The summed E-state index contributed by atoms with van der Waals surface area (Å²) in [5.41, 5.74) is 1.24. The fourth-order valence-corrected chi connectivity index (χ4v) is 2.66. The molecule has 3 rings (SSSR count). The maximum atomic E-state index is 12.4. The maximum absolute atomic E-state index is 12.4. The Labute approximate surface area is 146 Å². The molecule has 0 aliphatic heterocycles. The van der Waals surface area contributed by atoms with Gasteiger partial charge in [-0.25, -0.2) is 4.68 Å². The van der Waals surface area contributed by atoms with Crippen molar-refractivity contribution in [1.82, 2.24) is 19.7 Å². The van der Waals surface area contributed by atoms with Gasteiger partial charge in [-0.1, -0.05) is 12.1 Å². The van der Waals surface area contributed by atoms with E-state index in [2.05, 4.69) is 15.1 Å². The van der Waals surface area contributed by atoms with Gasteiger partial charge in [0.2, 0.25) is 5.95 Å². The Hall–Kier alpha value is -2.83. The van der Waals surface area contributed by atoms with Gasteiger partial charge in [-0.2, -0.15) is 10.1 Å². The van der Waals surface area contributed by atoms with E-state index in [0.717, 1.165) is 11.3 Å². The van der Waals surface area contributed by atoms with Crippen molar-refractivity contribution in [2.24, 2.45) is 0 Å². The van der Waals surface area contributed by atoms with Crippen LogP contribution in [0.1, 0.15) is 26.3 Å². The van der Waals surface area contributed by atoms with Gasteiger partial charge in [-0.05, 0) is 38.5 Å². The molecule has 132 valence electrons. The average Bonchev–Trinajstić information content (AvgIpc) is 3.00. The third-order valence-corrected chi connectivity index (χ3v) is 4.00. The molecule has 1 aromatic carbocycles. The SMILES string of the molecule is COc1ccc(CN(C)c2nc3c(cnn3C(C)(C)C)c(=O)[nH]2)cc1. The molecule has 25 heavy (non-hydrogen) atoms. The lowest BCUT2D eigenvalue weighted by atomic mass is 10.1. The Bertz CT molecular complexity index is 935. The molecule has 7 nitrogen and oxygen atoms in total. The van der Waals surface area contributed by atoms with Crippen molar-refractivity contribution in [3.8, 4) is 5.75 Å². The Morgan fingerprint density at radius 3 is 2.52 bits per heavy atom. The van der Waals surface area contributed by atoms with E-state index in [-0.39, 0.29) is 11.1 Å². The highest BCUT2D eigenvalue weighted by Gasteiger charge is 2.20. The minimum absolute atomic E-state index is 0.183. The lowest BCUT2D eigenvalue weighted by Crippen LogP contribution is -2.26. The summed E-state index contributed by atoms with van der Waals surface area (Å²) >= 11 is 0. The van der Waals surface area contributed by atoms with Crippen LogP contribution in [0.4, 0.5) is 5.95 Å². The van der Waals surface area contributed by atoms with Gasteiger partial charge >= 0.3 is 0 Å². The minimum Gasteiger partial charge on any atom is -0.497 e. The quantitative estimate of drug-likeness (QED) is 0.789. The summed E-state index contributed by atoms with van der Waals surface area (Å²) in [6.07, 6.45) is 1.57. The summed E-state index contributed by atoms with van der Waals surface area (Å²) in [6, 6.07) is 7.81. The van der Waals surface area contributed by atoms with Crippen LogP contribution < -0.4 is 15.2 Å². The number of aromatic nitrogens is 4. The standard InChI is InChI=1S/C18H23N5O2/c1-18(2,3)23-15-14(10-19-23)16(24)21-17(20-15)22(4)11-12-6-8-13(25-5)9-7-12/h6-10H,11H2,1-5H3,(H,20,21,24). The second-order valence-electron chi connectivity index (χ2n) is 7.06. The van der Waals surface area contributed by atoms with E-state index in [4.69, 9.17) is 4.74 Å². The van der Waals surface area contributed by atoms with Crippen molar-refractivity contribution in [3.63, 3.8) is 0 Å². The Morgan fingerprint density at radius 2 is 1.92 bits per heavy atom. The number of fused-ring (bicyclic) bond motifs is 1. The van der Waals surface area contributed by atoms with E-state index in [1.165, 1.54) is 0 Å². The lowest BCUT2D eigenvalue weighted by Gasteiger charge is -2.21. The zero-order valence-corrected chi connectivity index (χ0v) is 15.2. The molecule has 0 aliphatic rings. The predicted octanol–water partition coefficient (Wildman–Crippen LogP) is 2.52. The molecule has 7 heteroatoms. The van der Waals surface area contributed by atoms with E-state index in [1.54, 1.807) is 18.0 Å². The van der Waals surface area contributed by atoms with E-state index in [0.29, 0.717) is 23.5 Å². The lowest BCUT2D eigenvalue weighted by molar-refractivity contribution is 0.366. The van der Waals surface area contributed by atoms with Gasteiger partial charge in [0.15, 0.2) is 5.65 Å². The van der Waals surface area contributed by atoms with Crippen molar-refractivity contribution in [2.45, 2.75) is 32.9 Å². The second kappa shape index (κ2) is 6.23. The topological polar surface area (TPSA) is 76.0 Å². The molecule has 2 heterocycles. The largest absolute Gasteiger partial charge is 0.497 e. The summed E-state index contributed by atoms with van der Waals surface area (Å²) < 4.78 is 6.96. The van der Waals surface area contributed by atoms with Gasteiger partial charge in [-0.15, -0.1) is 0 Å². The number of anilines is 1.